The third kappa shape index (κ3) is 4.27. The number of ether oxygens (including phenoxy) is 2. The topological polar surface area (TPSA) is 44.5 Å². The highest BCUT2D eigenvalue weighted by molar-refractivity contribution is 5.50. The SMILES string of the molecule is COc1ccc(OCc2ccc(C)cc2)c(C#CCN)c1. The molecule has 0 saturated carbocycles. The predicted molar refractivity (Wildman–Crippen MR) is 84.4 cm³/mol. The average Bonchev–Trinajstić information content (AvgIpc) is 2.52. The van der Waals surface area contributed by atoms with Crippen LogP contribution in [0.2, 0.25) is 0 Å². The quantitative estimate of drug-likeness (QED) is 0.876. The van der Waals surface area contributed by atoms with Crippen molar-refractivity contribution >= 4 is 0 Å². The highest BCUT2D eigenvalue weighted by Gasteiger charge is 2.04. The lowest BCUT2D eigenvalue weighted by molar-refractivity contribution is 0.304. The van der Waals surface area contributed by atoms with Gasteiger partial charge >= 0.3 is 0 Å². The molecule has 0 amide bonds. The van der Waals surface area contributed by atoms with Crippen molar-refractivity contribution in [3.05, 3.63) is 59.2 Å². The second-order valence-corrected chi connectivity index (χ2v) is 4.64. The standard InChI is InChI=1S/C18H19NO2/c1-14-5-7-15(8-6-14)13-21-18-10-9-17(20-2)12-16(18)4-3-11-19/h5-10,12H,11,13,19H2,1-2H3. The van der Waals surface area contributed by atoms with E-state index in [-0.39, 0.29) is 0 Å². The molecule has 3 heteroatoms. The van der Waals surface area contributed by atoms with Crippen molar-refractivity contribution in [2.24, 2.45) is 5.73 Å². The molecule has 0 radical (unpaired) electrons. The lowest BCUT2D eigenvalue weighted by atomic mass is 10.1. The molecule has 2 aromatic carbocycles. The molecule has 108 valence electrons. The van der Waals surface area contributed by atoms with E-state index in [1.165, 1.54) is 5.56 Å². The van der Waals surface area contributed by atoms with Gasteiger partial charge in [0.25, 0.3) is 0 Å². The minimum absolute atomic E-state index is 0.314. The van der Waals surface area contributed by atoms with Gasteiger partial charge in [-0.15, -0.1) is 0 Å². The number of aryl methyl sites for hydroxylation is 1. The smallest absolute Gasteiger partial charge is 0.135 e. The van der Waals surface area contributed by atoms with Gasteiger partial charge in [-0.3, -0.25) is 0 Å². The normalized spacial score (nSPS) is 9.67. The molecule has 2 rings (SSSR count). The fourth-order valence-corrected chi connectivity index (χ4v) is 1.85. The van der Waals surface area contributed by atoms with Gasteiger partial charge in [0.05, 0.1) is 19.2 Å². The van der Waals surface area contributed by atoms with Crippen molar-refractivity contribution in [3.63, 3.8) is 0 Å². The molecule has 0 saturated heterocycles. The number of hydrogen-bond acceptors (Lipinski definition) is 3. The largest absolute Gasteiger partial charge is 0.497 e. The summed E-state index contributed by atoms with van der Waals surface area (Å²) in [6, 6.07) is 13.8. The summed E-state index contributed by atoms with van der Waals surface area (Å²) in [6.07, 6.45) is 0. The molecule has 3 nitrogen and oxygen atoms in total. The van der Waals surface area contributed by atoms with Crippen LogP contribution in [-0.4, -0.2) is 13.7 Å². The fourth-order valence-electron chi connectivity index (χ4n) is 1.85. The molecular formula is C18H19NO2. The molecule has 0 aromatic heterocycles. The van der Waals surface area contributed by atoms with Crippen LogP contribution in [-0.2, 0) is 6.61 Å². The molecule has 0 aliphatic rings. The minimum atomic E-state index is 0.314. The van der Waals surface area contributed by atoms with Gasteiger partial charge in [-0.25, -0.2) is 0 Å². The van der Waals surface area contributed by atoms with E-state index in [1.54, 1.807) is 7.11 Å². The monoisotopic (exact) mass is 281 g/mol. The van der Waals surface area contributed by atoms with E-state index < -0.39 is 0 Å². The van der Waals surface area contributed by atoms with Gasteiger partial charge in [0.15, 0.2) is 0 Å². The Bertz CT molecular complexity index is 651. The number of rotatable bonds is 4. The Kier molecular flexibility index (Phi) is 5.25. The zero-order chi connectivity index (χ0) is 15.1. The molecule has 0 aliphatic carbocycles. The van der Waals surface area contributed by atoms with Gasteiger partial charge in [-0.1, -0.05) is 41.7 Å². The molecule has 0 unspecified atom stereocenters. The fraction of sp³-hybridized carbons (Fsp3) is 0.222. The van der Waals surface area contributed by atoms with E-state index in [0.29, 0.717) is 13.2 Å². The van der Waals surface area contributed by atoms with Crippen molar-refractivity contribution < 1.29 is 9.47 Å². The van der Waals surface area contributed by atoms with Gasteiger partial charge < -0.3 is 15.2 Å². The molecule has 2 N–H and O–H groups in total. The Morgan fingerprint density at radius 2 is 1.86 bits per heavy atom. The Labute approximate surface area is 125 Å². The first-order valence-corrected chi connectivity index (χ1v) is 6.78. The Hall–Kier alpha value is -2.44. The van der Waals surface area contributed by atoms with Crippen molar-refractivity contribution in [1.82, 2.24) is 0 Å². The van der Waals surface area contributed by atoms with Crippen LogP contribution in [0.15, 0.2) is 42.5 Å². The van der Waals surface area contributed by atoms with E-state index in [1.807, 2.05) is 18.2 Å². The first-order valence-electron chi connectivity index (χ1n) is 6.78. The van der Waals surface area contributed by atoms with Crippen molar-refractivity contribution in [3.8, 4) is 23.3 Å². The Morgan fingerprint density at radius 1 is 1.10 bits per heavy atom. The number of benzene rings is 2. The summed E-state index contributed by atoms with van der Waals surface area (Å²) in [5.41, 5.74) is 8.57. The summed E-state index contributed by atoms with van der Waals surface area (Å²) in [5.74, 6) is 7.34. The molecule has 0 aliphatic heterocycles. The molecule has 0 heterocycles. The molecule has 2 aromatic rings. The minimum Gasteiger partial charge on any atom is -0.497 e. The van der Waals surface area contributed by atoms with Crippen molar-refractivity contribution in [1.29, 1.82) is 0 Å². The van der Waals surface area contributed by atoms with Gasteiger partial charge in [0.1, 0.15) is 18.1 Å². The molecule has 21 heavy (non-hydrogen) atoms. The van der Waals surface area contributed by atoms with Crippen LogP contribution in [0.3, 0.4) is 0 Å². The summed E-state index contributed by atoms with van der Waals surface area (Å²) in [7, 11) is 1.63. The maximum Gasteiger partial charge on any atom is 0.135 e. The first-order chi connectivity index (χ1) is 10.2. The summed E-state index contributed by atoms with van der Waals surface area (Å²) < 4.78 is 11.1. The molecule has 0 atom stereocenters. The van der Waals surface area contributed by atoms with Crippen LogP contribution in [0, 0.1) is 18.8 Å². The van der Waals surface area contributed by atoms with Gasteiger partial charge in [-0.2, -0.15) is 0 Å². The number of methoxy groups -OCH3 is 1. The van der Waals surface area contributed by atoms with Gasteiger partial charge in [0, 0.05) is 0 Å². The van der Waals surface area contributed by atoms with Gasteiger partial charge in [0.2, 0.25) is 0 Å². The zero-order valence-corrected chi connectivity index (χ0v) is 12.3. The lowest BCUT2D eigenvalue weighted by Crippen LogP contribution is -1.98. The van der Waals surface area contributed by atoms with Crippen LogP contribution in [0.25, 0.3) is 0 Å². The van der Waals surface area contributed by atoms with E-state index in [2.05, 4.69) is 43.0 Å². The number of nitrogens with two attached hydrogens (primary N) is 1. The van der Waals surface area contributed by atoms with Crippen LogP contribution in [0.4, 0.5) is 0 Å². The summed E-state index contributed by atoms with van der Waals surface area (Å²) >= 11 is 0. The van der Waals surface area contributed by atoms with Crippen LogP contribution in [0.5, 0.6) is 11.5 Å². The van der Waals surface area contributed by atoms with E-state index in [4.69, 9.17) is 15.2 Å². The predicted octanol–water partition coefficient (Wildman–Crippen LogP) is 2.89. The average molecular weight is 281 g/mol. The van der Waals surface area contributed by atoms with Crippen LogP contribution >= 0.6 is 0 Å². The first kappa shape index (κ1) is 15.0. The molecular weight excluding hydrogens is 262 g/mol. The maximum atomic E-state index is 5.86. The van der Waals surface area contributed by atoms with Crippen molar-refractivity contribution in [2.75, 3.05) is 13.7 Å². The van der Waals surface area contributed by atoms with Crippen LogP contribution < -0.4 is 15.2 Å². The molecule has 0 fully saturated rings. The second-order valence-electron chi connectivity index (χ2n) is 4.64. The summed E-state index contributed by atoms with van der Waals surface area (Å²) in [4.78, 5) is 0. The van der Waals surface area contributed by atoms with Gasteiger partial charge in [-0.05, 0) is 30.7 Å². The van der Waals surface area contributed by atoms with E-state index in [9.17, 15) is 0 Å². The van der Waals surface area contributed by atoms with E-state index in [0.717, 1.165) is 22.6 Å². The van der Waals surface area contributed by atoms with Crippen LogP contribution in [0.1, 0.15) is 16.7 Å². The third-order valence-electron chi connectivity index (χ3n) is 3.03. The zero-order valence-electron chi connectivity index (χ0n) is 12.3. The lowest BCUT2D eigenvalue weighted by Gasteiger charge is -2.10. The highest BCUT2D eigenvalue weighted by atomic mass is 16.5. The molecule has 0 bridgehead atoms. The summed E-state index contributed by atoms with van der Waals surface area (Å²) in [6.45, 7) is 2.88. The third-order valence-corrected chi connectivity index (χ3v) is 3.03. The van der Waals surface area contributed by atoms with Crippen molar-refractivity contribution in [2.45, 2.75) is 13.5 Å². The number of hydrogen-bond donors (Lipinski definition) is 1. The Balaban J connectivity index is 2.16. The second kappa shape index (κ2) is 7.37. The molecule has 0 spiro atoms. The Morgan fingerprint density at radius 3 is 2.52 bits per heavy atom. The highest BCUT2D eigenvalue weighted by Crippen LogP contribution is 2.24. The maximum absolute atomic E-state index is 5.86. The summed E-state index contributed by atoms with van der Waals surface area (Å²) in [5, 5.41) is 0. The van der Waals surface area contributed by atoms with E-state index >= 15 is 0 Å².